The van der Waals surface area contributed by atoms with E-state index in [-0.39, 0.29) is 0 Å². The highest BCUT2D eigenvalue weighted by molar-refractivity contribution is 6.90. The highest BCUT2D eigenvalue weighted by atomic mass is 15.1. The van der Waals surface area contributed by atoms with Gasteiger partial charge in [-0.25, -0.2) is 0 Å². The van der Waals surface area contributed by atoms with Gasteiger partial charge in [-0.05, 0) is 34.5 Å². The molecule has 0 saturated heterocycles. The van der Waals surface area contributed by atoms with Crippen molar-refractivity contribution in [2.75, 3.05) is 11.4 Å². The molecule has 0 unspecified atom stereocenters. The van der Waals surface area contributed by atoms with Crippen LogP contribution >= 0.6 is 0 Å². The Morgan fingerprint density at radius 3 is 2.27 bits per heavy atom. The molecule has 104 valence electrons. The lowest BCUT2D eigenvalue weighted by Gasteiger charge is -2.42. The molecule has 2 aliphatic rings. The summed E-state index contributed by atoms with van der Waals surface area (Å²) in [6.45, 7) is 1.45. The summed E-state index contributed by atoms with van der Waals surface area (Å²) in [5, 5.41) is 0. The van der Waals surface area contributed by atoms with E-state index >= 15 is 0 Å². The maximum absolute atomic E-state index is 2.58. The summed E-state index contributed by atoms with van der Waals surface area (Å²) >= 11 is 0. The van der Waals surface area contributed by atoms with Crippen molar-refractivity contribution in [3.05, 3.63) is 78.4 Å². The molecule has 0 aromatic heterocycles. The fourth-order valence-electron chi connectivity index (χ4n) is 4.09. The molecule has 3 aromatic carbocycles. The van der Waals surface area contributed by atoms with Crippen LogP contribution in [0.2, 0.25) is 0 Å². The van der Waals surface area contributed by atoms with Crippen LogP contribution in [0.4, 0.5) is 5.69 Å². The predicted molar refractivity (Wildman–Crippen MR) is 94.4 cm³/mol. The molecule has 0 bridgehead atoms. The lowest BCUT2D eigenvalue weighted by Crippen LogP contribution is -2.63. The van der Waals surface area contributed by atoms with Crippen LogP contribution in [0.3, 0.4) is 0 Å². The molecule has 2 heteroatoms. The molecular weight excluding hydrogens is 265 g/mol. The quantitative estimate of drug-likeness (QED) is 0.573. The van der Waals surface area contributed by atoms with E-state index in [1.54, 1.807) is 0 Å². The molecule has 0 atom stereocenters. The number of para-hydroxylation sites is 1. The molecule has 2 aliphatic heterocycles. The van der Waals surface area contributed by atoms with E-state index in [1.807, 2.05) is 0 Å². The Kier molecular flexibility index (Phi) is 2.48. The van der Waals surface area contributed by atoms with Crippen molar-refractivity contribution in [2.24, 2.45) is 0 Å². The standard InChI is InChI=1S/C20H16BN/c1-4-10-18-15(7-1)13-14-22-20-12-6-3-9-17(20)16-8-2-5-11-19(16)21(18)22/h1-12H,13-14H2. The Labute approximate surface area is 131 Å². The first-order chi connectivity index (χ1) is 10.9. The van der Waals surface area contributed by atoms with Gasteiger partial charge in [0.05, 0.1) is 0 Å². The molecule has 0 fully saturated rings. The average molecular weight is 281 g/mol. The SMILES string of the molecule is c1ccc2c(c1)CCN1B2c2ccccc2-c2ccccc21. The lowest BCUT2D eigenvalue weighted by atomic mass is 9.43. The van der Waals surface area contributed by atoms with E-state index in [9.17, 15) is 0 Å². The predicted octanol–water partition coefficient (Wildman–Crippen LogP) is 2.84. The Balaban J connectivity index is 1.83. The Bertz CT molecular complexity index is 871. The van der Waals surface area contributed by atoms with E-state index in [1.165, 1.54) is 33.3 Å². The minimum atomic E-state index is 0.357. The Morgan fingerprint density at radius 1 is 0.682 bits per heavy atom. The third kappa shape index (κ3) is 1.55. The van der Waals surface area contributed by atoms with Gasteiger partial charge in [0.1, 0.15) is 0 Å². The van der Waals surface area contributed by atoms with E-state index in [2.05, 4.69) is 77.6 Å². The van der Waals surface area contributed by atoms with Crippen molar-refractivity contribution in [3.8, 4) is 11.1 Å². The van der Waals surface area contributed by atoms with Crippen LogP contribution in [0.25, 0.3) is 11.1 Å². The highest BCUT2D eigenvalue weighted by Gasteiger charge is 2.38. The second kappa shape index (κ2) is 4.51. The van der Waals surface area contributed by atoms with Gasteiger partial charge < -0.3 is 4.81 Å². The van der Waals surface area contributed by atoms with Crippen molar-refractivity contribution in [3.63, 3.8) is 0 Å². The number of hydrogen-bond donors (Lipinski definition) is 0. The largest absolute Gasteiger partial charge is 0.406 e. The van der Waals surface area contributed by atoms with Gasteiger partial charge in [-0.2, -0.15) is 0 Å². The zero-order valence-corrected chi connectivity index (χ0v) is 12.4. The van der Waals surface area contributed by atoms with Crippen molar-refractivity contribution >= 4 is 23.5 Å². The summed E-state index contributed by atoms with van der Waals surface area (Å²) in [5.41, 5.74) is 8.53. The van der Waals surface area contributed by atoms with Gasteiger partial charge in [-0.3, -0.25) is 0 Å². The lowest BCUT2D eigenvalue weighted by molar-refractivity contribution is 0.933. The van der Waals surface area contributed by atoms with Crippen LogP contribution < -0.4 is 15.7 Å². The van der Waals surface area contributed by atoms with Gasteiger partial charge >= 0.3 is 6.85 Å². The molecular formula is C20H16BN. The van der Waals surface area contributed by atoms with Crippen molar-refractivity contribution in [2.45, 2.75) is 6.42 Å². The van der Waals surface area contributed by atoms with Crippen LogP contribution in [0, 0.1) is 0 Å². The molecule has 0 saturated carbocycles. The summed E-state index contributed by atoms with van der Waals surface area (Å²) in [6.07, 6.45) is 1.13. The Hall–Kier alpha value is -2.48. The monoisotopic (exact) mass is 281 g/mol. The molecule has 1 nitrogen and oxygen atoms in total. The van der Waals surface area contributed by atoms with E-state index in [0.717, 1.165) is 13.0 Å². The van der Waals surface area contributed by atoms with Crippen molar-refractivity contribution in [1.82, 2.24) is 0 Å². The number of benzene rings is 3. The van der Waals surface area contributed by atoms with Crippen LogP contribution in [0.5, 0.6) is 0 Å². The third-order valence-electron chi connectivity index (χ3n) is 5.04. The van der Waals surface area contributed by atoms with Crippen LogP contribution in [0.1, 0.15) is 5.56 Å². The minimum Gasteiger partial charge on any atom is -0.406 e. The minimum absolute atomic E-state index is 0.357. The Morgan fingerprint density at radius 2 is 1.36 bits per heavy atom. The maximum Gasteiger partial charge on any atom is 0.324 e. The second-order valence-electron chi connectivity index (χ2n) is 6.15. The van der Waals surface area contributed by atoms with Crippen LogP contribution in [-0.4, -0.2) is 13.4 Å². The molecule has 0 N–H and O–H groups in total. The first-order valence-corrected chi connectivity index (χ1v) is 7.96. The zero-order valence-electron chi connectivity index (χ0n) is 12.4. The number of rotatable bonds is 0. The molecule has 0 radical (unpaired) electrons. The highest BCUT2D eigenvalue weighted by Crippen LogP contribution is 2.35. The van der Waals surface area contributed by atoms with E-state index < -0.39 is 0 Å². The van der Waals surface area contributed by atoms with Crippen molar-refractivity contribution < 1.29 is 0 Å². The van der Waals surface area contributed by atoms with Crippen molar-refractivity contribution in [1.29, 1.82) is 0 Å². The van der Waals surface area contributed by atoms with Gasteiger partial charge in [0, 0.05) is 17.8 Å². The molecule has 2 heterocycles. The third-order valence-corrected chi connectivity index (χ3v) is 5.04. The van der Waals surface area contributed by atoms with Gasteiger partial charge in [0.15, 0.2) is 0 Å². The summed E-state index contributed by atoms with van der Waals surface area (Å²) < 4.78 is 0. The first-order valence-electron chi connectivity index (χ1n) is 7.96. The molecule has 0 aliphatic carbocycles. The average Bonchev–Trinajstić information content (AvgIpc) is 2.61. The molecule has 0 amide bonds. The fraction of sp³-hybridized carbons (Fsp3) is 0.100. The van der Waals surface area contributed by atoms with E-state index in [4.69, 9.17) is 0 Å². The number of hydrogen-bond acceptors (Lipinski definition) is 1. The van der Waals surface area contributed by atoms with Gasteiger partial charge in [0.25, 0.3) is 0 Å². The van der Waals surface area contributed by atoms with Gasteiger partial charge in [-0.1, -0.05) is 66.7 Å². The normalized spacial score (nSPS) is 14.7. The topological polar surface area (TPSA) is 3.24 Å². The summed E-state index contributed by atoms with van der Waals surface area (Å²) in [4.78, 5) is 2.58. The molecule has 0 spiro atoms. The number of fused-ring (bicyclic) bond motifs is 8. The van der Waals surface area contributed by atoms with Gasteiger partial charge in [-0.15, -0.1) is 0 Å². The van der Waals surface area contributed by atoms with Gasteiger partial charge in [0.2, 0.25) is 0 Å². The number of anilines is 1. The fourth-order valence-corrected chi connectivity index (χ4v) is 4.09. The zero-order chi connectivity index (χ0) is 14.5. The molecule has 3 aromatic rings. The first kappa shape index (κ1) is 12.1. The number of nitrogens with zero attached hydrogens (tertiary/aromatic N) is 1. The second-order valence-corrected chi connectivity index (χ2v) is 6.15. The molecule has 5 rings (SSSR count). The smallest absolute Gasteiger partial charge is 0.324 e. The maximum atomic E-state index is 2.58. The van der Waals surface area contributed by atoms with Crippen LogP contribution in [-0.2, 0) is 6.42 Å². The molecule has 22 heavy (non-hydrogen) atoms. The summed E-state index contributed by atoms with van der Waals surface area (Å²) in [7, 11) is 0. The summed E-state index contributed by atoms with van der Waals surface area (Å²) in [6, 6.07) is 26.6. The van der Waals surface area contributed by atoms with Crippen LogP contribution in [0.15, 0.2) is 72.8 Å². The summed E-state index contributed by atoms with van der Waals surface area (Å²) in [5.74, 6) is 0. The van der Waals surface area contributed by atoms with E-state index in [0.29, 0.717) is 6.85 Å².